The van der Waals surface area contributed by atoms with E-state index in [-0.39, 0.29) is 17.5 Å². The van der Waals surface area contributed by atoms with Gasteiger partial charge in [0.05, 0.1) is 6.20 Å². The van der Waals surface area contributed by atoms with Gasteiger partial charge in [-0.2, -0.15) is 9.40 Å². The topological polar surface area (TPSA) is 92.1 Å². The van der Waals surface area contributed by atoms with Gasteiger partial charge in [-0.25, -0.2) is 8.42 Å². The van der Waals surface area contributed by atoms with Gasteiger partial charge in [-0.1, -0.05) is 12.1 Å². The molecule has 1 aromatic heterocycles. The molecule has 3 N–H and O–H groups in total. The Morgan fingerprint density at radius 3 is 2.70 bits per heavy atom. The molecule has 2 aromatic rings. The first-order chi connectivity index (χ1) is 9.41. The van der Waals surface area contributed by atoms with Crippen LogP contribution in [0.15, 0.2) is 41.6 Å². The van der Waals surface area contributed by atoms with E-state index in [2.05, 4.69) is 10.2 Å². The molecule has 1 aromatic carbocycles. The highest BCUT2D eigenvalue weighted by Crippen LogP contribution is 2.20. The number of anilines is 1. The molecule has 6 nitrogen and oxygen atoms in total. The van der Waals surface area contributed by atoms with Crippen molar-refractivity contribution in [2.24, 2.45) is 0 Å². The lowest BCUT2D eigenvalue weighted by Gasteiger charge is -2.25. The zero-order chi connectivity index (χ0) is 14.8. The SMILES string of the molecule is CC(C)N(Cc1cccc(N)c1)S(=O)(=O)c1cn[nH]c1. The van der Waals surface area contributed by atoms with Crippen molar-refractivity contribution in [2.45, 2.75) is 31.3 Å². The third-order valence-electron chi connectivity index (χ3n) is 2.95. The van der Waals surface area contributed by atoms with E-state index < -0.39 is 10.0 Å². The quantitative estimate of drug-likeness (QED) is 0.819. The van der Waals surface area contributed by atoms with E-state index in [0.29, 0.717) is 5.69 Å². The summed E-state index contributed by atoms with van der Waals surface area (Å²) in [6.07, 6.45) is 2.69. The molecule has 0 aliphatic carbocycles. The number of hydrogen-bond donors (Lipinski definition) is 2. The lowest BCUT2D eigenvalue weighted by Crippen LogP contribution is -2.36. The largest absolute Gasteiger partial charge is 0.399 e. The Morgan fingerprint density at radius 2 is 2.15 bits per heavy atom. The highest BCUT2D eigenvalue weighted by Gasteiger charge is 2.27. The second-order valence-corrected chi connectivity index (χ2v) is 6.71. The molecule has 0 spiro atoms. The molecule has 2 rings (SSSR count). The van der Waals surface area contributed by atoms with Crippen molar-refractivity contribution >= 4 is 15.7 Å². The summed E-state index contributed by atoms with van der Waals surface area (Å²) < 4.78 is 26.5. The minimum absolute atomic E-state index is 0.162. The van der Waals surface area contributed by atoms with Gasteiger partial charge in [0.2, 0.25) is 10.0 Å². The highest BCUT2D eigenvalue weighted by molar-refractivity contribution is 7.89. The average molecular weight is 294 g/mol. The smallest absolute Gasteiger partial charge is 0.246 e. The van der Waals surface area contributed by atoms with Gasteiger partial charge in [0.1, 0.15) is 4.90 Å². The number of H-pyrrole nitrogens is 1. The summed E-state index contributed by atoms with van der Waals surface area (Å²) in [6, 6.07) is 7.05. The van der Waals surface area contributed by atoms with Gasteiger partial charge in [0.25, 0.3) is 0 Å². The van der Waals surface area contributed by atoms with Gasteiger partial charge in [0.15, 0.2) is 0 Å². The number of nitrogen functional groups attached to an aromatic ring is 1. The fraction of sp³-hybridized carbons (Fsp3) is 0.308. The number of nitrogens with one attached hydrogen (secondary N) is 1. The first-order valence-electron chi connectivity index (χ1n) is 6.26. The van der Waals surface area contributed by atoms with Crippen LogP contribution < -0.4 is 5.73 Å². The lowest BCUT2D eigenvalue weighted by atomic mass is 10.2. The molecule has 108 valence electrons. The molecule has 0 aliphatic rings. The predicted octanol–water partition coefficient (Wildman–Crippen LogP) is 1.59. The van der Waals surface area contributed by atoms with Gasteiger partial charge in [0, 0.05) is 24.5 Å². The Labute approximate surface area is 118 Å². The van der Waals surface area contributed by atoms with E-state index in [0.717, 1.165) is 5.56 Å². The normalized spacial score (nSPS) is 12.2. The van der Waals surface area contributed by atoms with Crippen molar-refractivity contribution in [2.75, 3.05) is 5.73 Å². The van der Waals surface area contributed by atoms with Crippen LogP contribution in [0, 0.1) is 0 Å². The second-order valence-electron chi connectivity index (χ2n) is 4.82. The van der Waals surface area contributed by atoms with Crippen LogP contribution in [-0.4, -0.2) is 29.0 Å². The molecule has 7 heteroatoms. The molecule has 0 saturated carbocycles. The molecular weight excluding hydrogens is 276 g/mol. The minimum atomic E-state index is -3.57. The van der Waals surface area contributed by atoms with E-state index in [1.54, 1.807) is 12.1 Å². The van der Waals surface area contributed by atoms with Crippen molar-refractivity contribution in [3.8, 4) is 0 Å². The number of rotatable bonds is 5. The molecule has 0 saturated heterocycles. The van der Waals surface area contributed by atoms with Gasteiger partial charge in [-0.15, -0.1) is 0 Å². The molecular formula is C13H18N4O2S. The van der Waals surface area contributed by atoms with E-state index in [1.165, 1.54) is 16.7 Å². The Morgan fingerprint density at radius 1 is 1.40 bits per heavy atom. The summed E-state index contributed by atoms with van der Waals surface area (Å²) in [5.41, 5.74) is 7.20. The summed E-state index contributed by atoms with van der Waals surface area (Å²) in [7, 11) is -3.57. The molecule has 0 bridgehead atoms. The number of sulfonamides is 1. The van der Waals surface area contributed by atoms with Gasteiger partial charge in [-0.3, -0.25) is 5.10 Å². The standard InChI is InChI=1S/C13H18N4O2S/c1-10(2)17(9-11-4-3-5-12(14)6-11)20(18,19)13-7-15-16-8-13/h3-8,10H,9,14H2,1-2H3,(H,15,16). The second kappa shape index (κ2) is 5.64. The Balaban J connectivity index is 2.33. The van der Waals surface area contributed by atoms with E-state index in [4.69, 9.17) is 5.73 Å². The summed E-state index contributed by atoms with van der Waals surface area (Å²) in [5.74, 6) is 0. The Kier molecular flexibility index (Phi) is 4.10. The van der Waals surface area contributed by atoms with Crippen LogP contribution in [0.2, 0.25) is 0 Å². The third kappa shape index (κ3) is 3.00. The van der Waals surface area contributed by atoms with Crippen molar-refractivity contribution in [3.63, 3.8) is 0 Å². The number of benzene rings is 1. The van der Waals surface area contributed by atoms with Crippen molar-refractivity contribution in [1.82, 2.24) is 14.5 Å². The monoisotopic (exact) mass is 294 g/mol. The highest BCUT2D eigenvalue weighted by atomic mass is 32.2. The van der Waals surface area contributed by atoms with Crippen molar-refractivity contribution in [3.05, 3.63) is 42.2 Å². The minimum Gasteiger partial charge on any atom is -0.399 e. The van der Waals surface area contributed by atoms with E-state index in [1.807, 2.05) is 26.0 Å². The summed E-state index contributed by atoms with van der Waals surface area (Å²) in [4.78, 5) is 0.162. The van der Waals surface area contributed by atoms with Crippen molar-refractivity contribution < 1.29 is 8.42 Å². The summed E-state index contributed by atoms with van der Waals surface area (Å²) >= 11 is 0. The lowest BCUT2D eigenvalue weighted by molar-refractivity contribution is 0.348. The Bertz CT molecular complexity index is 665. The molecule has 0 radical (unpaired) electrons. The molecule has 0 unspecified atom stereocenters. The zero-order valence-corrected chi connectivity index (χ0v) is 12.3. The maximum Gasteiger partial charge on any atom is 0.246 e. The number of aromatic nitrogens is 2. The maximum atomic E-state index is 12.6. The van der Waals surface area contributed by atoms with Gasteiger partial charge < -0.3 is 5.73 Å². The molecule has 20 heavy (non-hydrogen) atoms. The first kappa shape index (κ1) is 14.5. The van der Waals surface area contributed by atoms with Crippen molar-refractivity contribution in [1.29, 1.82) is 0 Å². The van der Waals surface area contributed by atoms with Crippen LogP contribution in [-0.2, 0) is 16.6 Å². The number of nitrogens with two attached hydrogens (primary N) is 1. The van der Waals surface area contributed by atoms with Gasteiger partial charge in [-0.05, 0) is 31.5 Å². The molecule has 0 amide bonds. The van der Waals surface area contributed by atoms with Gasteiger partial charge >= 0.3 is 0 Å². The van der Waals surface area contributed by atoms with Crippen LogP contribution >= 0.6 is 0 Å². The van der Waals surface area contributed by atoms with Crippen LogP contribution in [0.3, 0.4) is 0 Å². The number of nitrogens with zero attached hydrogens (tertiary/aromatic N) is 2. The third-order valence-corrected chi connectivity index (χ3v) is 4.93. The molecule has 1 heterocycles. The molecule has 0 atom stereocenters. The van der Waals surface area contributed by atoms with Crippen LogP contribution in [0.25, 0.3) is 0 Å². The first-order valence-corrected chi connectivity index (χ1v) is 7.70. The van der Waals surface area contributed by atoms with E-state index >= 15 is 0 Å². The average Bonchev–Trinajstić information content (AvgIpc) is 2.90. The fourth-order valence-corrected chi connectivity index (χ4v) is 3.46. The fourth-order valence-electron chi connectivity index (χ4n) is 1.93. The molecule has 0 aliphatic heterocycles. The Hall–Kier alpha value is -1.86. The summed E-state index contributed by atoms with van der Waals surface area (Å²) in [6.45, 7) is 3.95. The summed E-state index contributed by atoms with van der Waals surface area (Å²) in [5, 5.41) is 6.23. The van der Waals surface area contributed by atoms with Crippen LogP contribution in [0.5, 0.6) is 0 Å². The number of hydrogen-bond acceptors (Lipinski definition) is 4. The number of aromatic amines is 1. The maximum absolute atomic E-state index is 12.6. The zero-order valence-electron chi connectivity index (χ0n) is 11.4. The van der Waals surface area contributed by atoms with Crippen LogP contribution in [0.1, 0.15) is 19.4 Å². The van der Waals surface area contributed by atoms with E-state index in [9.17, 15) is 8.42 Å². The molecule has 0 fully saturated rings. The van der Waals surface area contributed by atoms with Crippen LogP contribution in [0.4, 0.5) is 5.69 Å². The predicted molar refractivity (Wildman–Crippen MR) is 77.3 cm³/mol.